The predicted molar refractivity (Wildman–Crippen MR) is 111 cm³/mol. The average Bonchev–Trinajstić information content (AvgIpc) is 3.05. The van der Waals surface area contributed by atoms with Crippen molar-refractivity contribution < 1.29 is 9.90 Å². The molecule has 3 N–H and O–H groups in total. The summed E-state index contributed by atoms with van der Waals surface area (Å²) in [7, 11) is 0. The van der Waals surface area contributed by atoms with Crippen LogP contribution in [0.25, 0.3) is 0 Å². The third-order valence-corrected chi connectivity index (χ3v) is 6.53. The number of aliphatic hydroxyl groups is 1. The number of carbonyl (C=O) groups excluding carboxylic acids is 1. The fourth-order valence-corrected chi connectivity index (χ4v) is 5.00. The number of nitrogens with one attached hydrogen (secondary N) is 2. The van der Waals surface area contributed by atoms with Crippen molar-refractivity contribution in [3.05, 3.63) is 47.2 Å². The van der Waals surface area contributed by atoms with Crippen molar-refractivity contribution in [3.63, 3.8) is 0 Å². The van der Waals surface area contributed by atoms with Gasteiger partial charge in [0.15, 0.2) is 0 Å². The van der Waals surface area contributed by atoms with Gasteiger partial charge in [-0.3, -0.25) is 4.79 Å². The lowest BCUT2D eigenvalue weighted by Gasteiger charge is -2.33. The molecular formula is C22H27N5O2. The van der Waals surface area contributed by atoms with Crippen LogP contribution in [0.5, 0.6) is 0 Å². The quantitative estimate of drug-likeness (QED) is 0.739. The van der Waals surface area contributed by atoms with E-state index in [0.717, 1.165) is 49.2 Å². The van der Waals surface area contributed by atoms with Crippen LogP contribution in [0.1, 0.15) is 48.3 Å². The highest BCUT2D eigenvalue weighted by Gasteiger charge is 2.47. The Morgan fingerprint density at radius 2 is 1.97 bits per heavy atom. The third kappa shape index (κ3) is 3.23. The number of aryl methyl sites for hydroxylation is 1. The van der Waals surface area contributed by atoms with Crippen LogP contribution in [0.2, 0.25) is 0 Å². The van der Waals surface area contributed by atoms with Crippen molar-refractivity contribution in [2.24, 2.45) is 0 Å². The standard InChI is InChI=1S/C22H27N5O2/c1-13-4-2-3-5-16(13)18-17-12-24-22(25-14-6-8-15(28)9-7-14)26-20(17)27-11-10-23-21(29)19(18)27/h2-5,12,14-15,18-19,28H,6-11H2,1H3,(H,23,29)(H,24,25,26)/t14-,15-,18?,19?. The lowest BCUT2D eigenvalue weighted by Crippen LogP contribution is -2.55. The molecule has 0 spiro atoms. The average molecular weight is 393 g/mol. The van der Waals surface area contributed by atoms with E-state index in [2.05, 4.69) is 39.6 Å². The summed E-state index contributed by atoms with van der Waals surface area (Å²) in [5.41, 5.74) is 3.35. The molecule has 1 saturated heterocycles. The van der Waals surface area contributed by atoms with E-state index in [-0.39, 0.29) is 30.0 Å². The molecular weight excluding hydrogens is 366 g/mol. The molecule has 3 heterocycles. The molecule has 1 aliphatic carbocycles. The number of nitrogens with zero attached hydrogens (tertiary/aromatic N) is 3. The Morgan fingerprint density at radius 3 is 2.76 bits per heavy atom. The van der Waals surface area contributed by atoms with Crippen molar-refractivity contribution in [3.8, 4) is 0 Å². The van der Waals surface area contributed by atoms with Crippen LogP contribution in [0.15, 0.2) is 30.5 Å². The van der Waals surface area contributed by atoms with Gasteiger partial charge in [0.25, 0.3) is 0 Å². The molecule has 7 nitrogen and oxygen atoms in total. The van der Waals surface area contributed by atoms with E-state index in [1.54, 1.807) is 0 Å². The number of aromatic nitrogens is 2. The highest BCUT2D eigenvalue weighted by Crippen LogP contribution is 2.45. The summed E-state index contributed by atoms with van der Waals surface area (Å²) in [6, 6.07) is 8.25. The first-order valence-corrected chi connectivity index (χ1v) is 10.5. The van der Waals surface area contributed by atoms with E-state index in [0.29, 0.717) is 12.5 Å². The summed E-state index contributed by atoms with van der Waals surface area (Å²) in [5, 5.41) is 16.2. The number of rotatable bonds is 3. The Balaban J connectivity index is 1.50. The minimum absolute atomic E-state index is 0.0540. The van der Waals surface area contributed by atoms with E-state index in [4.69, 9.17) is 4.98 Å². The van der Waals surface area contributed by atoms with Crippen LogP contribution in [0.3, 0.4) is 0 Å². The number of fused-ring (bicyclic) bond motifs is 3. The SMILES string of the molecule is Cc1ccccc1C1c2cnc(N[C@H]3CC[C@H](O)CC3)nc2N2CCNC(=O)C12. The van der Waals surface area contributed by atoms with Gasteiger partial charge in [0.05, 0.1) is 6.10 Å². The van der Waals surface area contributed by atoms with Crippen molar-refractivity contribution in [1.82, 2.24) is 15.3 Å². The molecule has 152 valence electrons. The summed E-state index contributed by atoms with van der Waals surface area (Å²) in [5.74, 6) is 1.47. The topological polar surface area (TPSA) is 90.4 Å². The number of hydrogen-bond donors (Lipinski definition) is 3. The lowest BCUT2D eigenvalue weighted by atomic mass is 9.85. The number of carbonyl (C=O) groups is 1. The molecule has 29 heavy (non-hydrogen) atoms. The summed E-state index contributed by atoms with van der Waals surface area (Å²) in [6.07, 6.45) is 5.17. The van der Waals surface area contributed by atoms with Gasteiger partial charge in [0, 0.05) is 36.8 Å². The van der Waals surface area contributed by atoms with Crippen molar-refractivity contribution in [2.45, 2.75) is 56.7 Å². The van der Waals surface area contributed by atoms with Gasteiger partial charge in [0.2, 0.25) is 11.9 Å². The smallest absolute Gasteiger partial charge is 0.243 e. The Morgan fingerprint density at radius 1 is 1.17 bits per heavy atom. The molecule has 7 heteroatoms. The second-order valence-electron chi connectivity index (χ2n) is 8.39. The Kier molecular flexibility index (Phi) is 4.62. The molecule has 0 bridgehead atoms. The van der Waals surface area contributed by atoms with Gasteiger partial charge in [-0.05, 0) is 43.7 Å². The van der Waals surface area contributed by atoms with E-state index in [9.17, 15) is 9.90 Å². The van der Waals surface area contributed by atoms with Gasteiger partial charge in [-0.25, -0.2) is 4.98 Å². The number of amides is 1. The van der Waals surface area contributed by atoms with Crippen LogP contribution < -0.4 is 15.5 Å². The summed E-state index contributed by atoms with van der Waals surface area (Å²) in [4.78, 5) is 24.4. The van der Waals surface area contributed by atoms with Crippen molar-refractivity contribution in [1.29, 1.82) is 0 Å². The maximum absolute atomic E-state index is 12.8. The van der Waals surface area contributed by atoms with E-state index in [1.807, 2.05) is 18.3 Å². The van der Waals surface area contributed by atoms with Crippen LogP contribution in [-0.4, -0.2) is 52.3 Å². The fraction of sp³-hybridized carbons (Fsp3) is 0.500. The number of benzene rings is 1. The van der Waals surface area contributed by atoms with Crippen molar-refractivity contribution >= 4 is 17.7 Å². The maximum atomic E-state index is 12.8. The molecule has 2 unspecified atom stereocenters. The lowest BCUT2D eigenvalue weighted by molar-refractivity contribution is -0.123. The zero-order valence-corrected chi connectivity index (χ0v) is 16.6. The second-order valence-corrected chi connectivity index (χ2v) is 8.39. The normalized spacial score (nSPS) is 28.5. The molecule has 2 fully saturated rings. The predicted octanol–water partition coefficient (Wildman–Crippen LogP) is 1.95. The van der Waals surface area contributed by atoms with Gasteiger partial charge >= 0.3 is 0 Å². The fourth-order valence-electron chi connectivity index (χ4n) is 5.00. The summed E-state index contributed by atoms with van der Waals surface area (Å²) < 4.78 is 0. The van der Waals surface area contributed by atoms with Crippen LogP contribution in [-0.2, 0) is 4.79 Å². The molecule has 1 aromatic heterocycles. The zero-order chi connectivity index (χ0) is 20.0. The maximum Gasteiger partial charge on any atom is 0.243 e. The first-order valence-electron chi connectivity index (χ1n) is 10.5. The van der Waals surface area contributed by atoms with E-state index < -0.39 is 0 Å². The molecule has 1 saturated carbocycles. The first kappa shape index (κ1) is 18.4. The molecule has 3 aliphatic rings. The van der Waals surface area contributed by atoms with Gasteiger partial charge in [0.1, 0.15) is 11.9 Å². The van der Waals surface area contributed by atoms with Gasteiger partial charge in [-0.15, -0.1) is 0 Å². The van der Waals surface area contributed by atoms with E-state index in [1.165, 1.54) is 5.56 Å². The summed E-state index contributed by atoms with van der Waals surface area (Å²) in [6.45, 7) is 3.47. The monoisotopic (exact) mass is 393 g/mol. The molecule has 1 aromatic carbocycles. The highest BCUT2D eigenvalue weighted by atomic mass is 16.3. The third-order valence-electron chi connectivity index (χ3n) is 6.53. The van der Waals surface area contributed by atoms with Gasteiger partial charge in [-0.2, -0.15) is 4.98 Å². The van der Waals surface area contributed by atoms with Crippen molar-refractivity contribution in [2.75, 3.05) is 23.3 Å². The number of hydrogen-bond acceptors (Lipinski definition) is 6. The molecule has 2 atom stereocenters. The molecule has 0 radical (unpaired) electrons. The van der Waals surface area contributed by atoms with Crippen LogP contribution in [0, 0.1) is 6.92 Å². The number of anilines is 2. The summed E-state index contributed by atoms with van der Waals surface area (Å²) >= 11 is 0. The second kappa shape index (κ2) is 7.30. The Labute approximate surface area is 170 Å². The molecule has 2 aromatic rings. The zero-order valence-electron chi connectivity index (χ0n) is 16.6. The number of piperazine rings is 1. The number of aliphatic hydroxyl groups excluding tert-OH is 1. The van der Waals surface area contributed by atoms with Gasteiger partial charge in [-0.1, -0.05) is 24.3 Å². The van der Waals surface area contributed by atoms with Crippen LogP contribution in [0.4, 0.5) is 11.8 Å². The van der Waals surface area contributed by atoms with E-state index >= 15 is 0 Å². The Bertz CT molecular complexity index is 925. The Hall–Kier alpha value is -2.67. The minimum Gasteiger partial charge on any atom is -0.393 e. The molecule has 5 rings (SSSR count). The molecule has 2 aliphatic heterocycles. The highest BCUT2D eigenvalue weighted by molar-refractivity contribution is 5.91. The first-order chi connectivity index (χ1) is 14.1. The van der Waals surface area contributed by atoms with Crippen LogP contribution >= 0.6 is 0 Å². The van der Waals surface area contributed by atoms with Gasteiger partial charge < -0.3 is 20.6 Å². The minimum atomic E-state index is -0.283. The largest absolute Gasteiger partial charge is 0.393 e. The molecule has 1 amide bonds.